The van der Waals surface area contributed by atoms with Crippen molar-refractivity contribution in [3.63, 3.8) is 0 Å². The summed E-state index contributed by atoms with van der Waals surface area (Å²) in [6, 6.07) is 13.4. The summed E-state index contributed by atoms with van der Waals surface area (Å²) in [5, 5.41) is 8.53. The van der Waals surface area contributed by atoms with Crippen LogP contribution in [0.3, 0.4) is 0 Å². The van der Waals surface area contributed by atoms with E-state index in [2.05, 4.69) is 67.1 Å². The Morgan fingerprint density at radius 1 is 0.966 bits per heavy atom. The third-order valence-corrected chi connectivity index (χ3v) is 5.86. The van der Waals surface area contributed by atoms with Crippen molar-refractivity contribution < 1.29 is 0 Å². The first-order chi connectivity index (χ1) is 14.4. The maximum atomic E-state index is 4.71. The molecule has 6 heteroatoms. The van der Waals surface area contributed by atoms with Crippen molar-refractivity contribution in [2.75, 3.05) is 11.6 Å². The molecule has 1 aliphatic heterocycles. The smallest absolute Gasteiger partial charge is 0.164 e. The molecule has 144 valence electrons. The van der Waals surface area contributed by atoms with E-state index < -0.39 is 0 Å². The number of allylic oxidation sites excluding steroid dienone is 1. The Kier molecular flexibility index (Phi) is 3.82. The van der Waals surface area contributed by atoms with Gasteiger partial charge in [-0.25, -0.2) is 0 Å². The predicted molar refractivity (Wildman–Crippen MR) is 114 cm³/mol. The first-order valence-electron chi connectivity index (χ1n) is 10.3. The van der Waals surface area contributed by atoms with Crippen molar-refractivity contribution >= 4 is 17.6 Å². The molecule has 6 rings (SSSR count). The molecular formula is C23H22N6. The van der Waals surface area contributed by atoms with Crippen LogP contribution in [0.5, 0.6) is 0 Å². The molecule has 0 atom stereocenters. The minimum absolute atomic E-state index is 0.551. The standard InChI is InChI=1S/C23H22N6/c1-2-17(23-27-26-15-29(23)19-7-8-19)12-20(3-1)28-14-24-11-10-22(28)18-6-9-21(25-13-18)16-4-5-16/h1-3,6,9-13,15-16,19H,4-5,7-8,14H2. The second-order valence-corrected chi connectivity index (χ2v) is 8.04. The average Bonchev–Trinajstić information content (AvgIpc) is 3.73. The third kappa shape index (κ3) is 3.14. The van der Waals surface area contributed by atoms with Gasteiger partial charge in [-0.15, -0.1) is 10.2 Å². The molecule has 1 aromatic carbocycles. The topological polar surface area (TPSA) is 59.2 Å². The number of aliphatic imine (C=N–C) groups is 1. The average molecular weight is 382 g/mol. The van der Waals surface area contributed by atoms with Gasteiger partial charge in [0.05, 0.1) is 5.70 Å². The van der Waals surface area contributed by atoms with E-state index in [-0.39, 0.29) is 0 Å². The number of hydrogen-bond donors (Lipinski definition) is 0. The van der Waals surface area contributed by atoms with E-state index in [4.69, 9.17) is 4.98 Å². The Labute approximate surface area is 169 Å². The Morgan fingerprint density at radius 2 is 1.90 bits per heavy atom. The number of nitrogens with zero attached hydrogens (tertiary/aromatic N) is 6. The summed E-state index contributed by atoms with van der Waals surface area (Å²) in [5.74, 6) is 1.61. The van der Waals surface area contributed by atoms with E-state index in [1.807, 2.05) is 18.7 Å². The fraction of sp³-hybridized carbons (Fsp3) is 0.304. The van der Waals surface area contributed by atoms with E-state index in [0.29, 0.717) is 18.6 Å². The SMILES string of the molecule is C1=NCN(c2cccc(-c3nncn3C3CC3)c2)C(c2ccc(C3CC3)nc2)=C1. The van der Waals surface area contributed by atoms with Crippen LogP contribution in [0.1, 0.15) is 48.9 Å². The highest BCUT2D eigenvalue weighted by Crippen LogP contribution is 2.40. The van der Waals surface area contributed by atoms with Crippen LogP contribution in [0, 0.1) is 0 Å². The summed E-state index contributed by atoms with van der Waals surface area (Å²) in [7, 11) is 0. The summed E-state index contributed by atoms with van der Waals surface area (Å²) >= 11 is 0. The van der Waals surface area contributed by atoms with E-state index in [1.54, 1.807) is 0 Å². The van der Waals surface area contributed by atoms with Gasteiger partial charge in [0.15, 0.2) is 5.82 Å². The number of pyridine rings is 1. The van der Waals surface area contributed by atoms with Crippen LogP contribution >= 0.6 is 0 Å². The maximum Gasteiger partial charge on any atom is 0.164 e. The number of hydrogen-bond acceptors (Lipinski definition) is 5. The van der Waals surface area contributed by atoms with Crippen molar-refractivity contribution in [2.45, 2.75) is 37.6 Å². The fourth-order valence-electron chi connectivity index (χ4n) is 3.95. The zero-order valence-electron chi connectivity index (χ0n) is 16.1. The van der Waals surface area contributed by atoms with Gasteiger partial charge >= 0.3 is 0 Å². The molecule has 29 heavy (non-hydrogen) atoms. The van der Waals surface area contributed by atoms with Gasteiger partial charge < -0.3 is 9.47 Å². The molecule has 0 radical (unpaired) electrons. The molecule has 2 aromatic heterocycles. The van der Waals surface area contributed by atoms with Gasteiger partial charge in [-0.1, -0.05) is 12.1 Å². The van der Waals surface area contributed by atoms with E-state index in [9.17, 15) is 0 Å². The lowest BCUT2D eigenvalue weighted by Crippen LogP contribution is -2.24. The molecule has 2 fully saturated rings. The molecule has 3 heterocycles. The number of rotatable bonds is 5. The molecular weight excluding hydrogens is 360 g/mol. The van der Waals surface area contributed by atoms with E-state index >= 15 is 0 Å². The molecule has 0 amide bonds. The van der Waals surface area contributed by atoms with Crippen molar-refractivity contribution in [2.24, 2.45) is 4.99 Å². The molecule has 0 bridgehead atoms. The molecule has 0 unspecified atom stereocenters. The van der Waals surface area contributed by atoms with Crippen molar-refractivity contribution in [1.82, 2.24) is 19.7 Å². The van der Waals surface area contributed by atoms with Crippen LogP contribution in [0.4, 0.5) is 5.69 Å². The van der Waals surface area contributed by atoms with Crippen LogP contribution in [0.25, 0.3) is 17.1 Å². The summed E-state index contributed by atoms with van der Waals surface area (Å²) in [5.41, 5.74) is 5.64. The summed E-state index contributed by atoms with van der Waals surface area (Å²) < 4.78 is 2.20. The highest BCUT2D eigenvalue weighted by Gasteiger charge is 2.27. The van der Waals surface area contributed by atoms with E-state index in [1.165, 1.54) is 31.4 Å². The molecule has 0 N–H and O–H groups in total. The monoisotopic (exact) mass is 382 g/mol. The summed E-state index contributed by atoms with van der Waals surface area (Å²) in [6.45, 7) is 0.592. The van der Waals surface area contributed by atoms with E-state index in [0.717, 1.165) is 28.3 Å². The quantitative estimate of drug-likeness (QED) is 0.654. The Balaban J connectivity index is 1.34. The van der Waals surface area contributed by atoms with Crippen LogP contribution in [0.2, 0.25) is 0 Å². The van der Waals surface area contributed by atoms with Gasteiger partial charge in [0, 0.05) is 46.9 Å². The summed E-state index contributed by atoms with van der Waals surface area (Å²) in [4.78, 5) is 11.4. The molecule has 6 nitrogen and oxygen atoms in total. The van der Waals surface area contributed by atoms with Crippen molar-refractivity contribution in [1.29, 1.82) is 0 Å². The number of aromatic nitrogens is 4. The second-order valence-electron chi connectivity index (χ2n) is 8.04. The number of benzene rings is 1. The predicted octanol–water partition coefficient (Wildman–Crippen LogP) is 4.44. The Bertz CT molecular complexity index is 1100. The zero-order valence-corrected chi connectivity index (χ0v) is 16.1. The van der Waals surface area contributed by atoms with Gasteiger partial charge in [-0.2, -0.15) is 0 Å². The highest BCUT2D eigenvalue weighted by atomic mass is 15.3. The van der Waals surface area contributed by atoms with Gasteiger partial charge in [0.2, 0.25) is 0 Å². The van der Waals surface area contributed by atoms with Crippen LogP contribution < -0.4 is 4.90 Å². The van der Waals surface area contributed by atoms with Crippen LogP contribution in [0.15, 0.2) is 60.0 Å². The Hall–Kier alpha value is -3.28. The lowest BCUT2D eigenvalue weighted by molar-refractivity contribution is 0.746. The van der Waals surface area contributed by atoms with Gasteiger partial charge in [-0.3, -0.25) is 9.98 Å². The molecule has 2 aliphatic carbocycles. The first-order valence-corrected chi connectivity index (χ1v) is 10.3. The lowest BCUT2D eigenvalue weighted by atomic mass is 10.1. The molecule has 0 spiro atoms. The zero-order chi connectivity index (χ0) is 19.2. The van der Waals surface area contributed by atoms with Crippen LogP contribution in [-0.4, -0.2) is 32.6 Å². The largest absolute Gasteiger partial charge is 0.321 e. The summed E-state index contributed by atoms with van der Waals surface area (Å²) in [6.07, 6.45) is 12.8. The lowest BCUT2D eigenvalue weighted by Gasteiger charge is -2.28. The normalized spacial score (nSPS) is 18.8. The maximum absolute atomic E-state index is 4.71. The molecule has 0 saturated heterocycles. The second kappa shape index (κ2) is 6.65. The Morgan fingerprint density at radius 3 is 2.69 bits per heavy atom. The third-order valence-electron chi connectivity index (χ3n) is 5.86. The number of anilines is 1. The molecule has 2 saturated carbocycles. The fourth-order valence-corrected chi connectivity index (χ4v) is 3.95. The first kappa shape index (κ1) is 16.7. The van der Waals surface area contributed by atoms with Crippen molar-refractivity contribution in [3.05, 3.63) is 66.3 Å². The highest BCUT2D eigenvalue weighted by molar-refractivity contribution is 5.92. The van der Waals surface area contributed by atoms with Gasteiger partial charge in [-0.05, 0) is 56.0 Å². The van der Waals surface area contributed by atoms with Crippen molar-refractivity contribution in [3.8, 4) is 11.4 Å². The minimum atomic E-state index is 0.551. The molecule has 3 aromatic rings. The van der Waals surface area contributed by atoms with Gasteiger partial charge in [0.25, 0.3) is 0 Å². The van der Waals surface area contributed by atoms with Gasteiger partial charge in [0.1, 0.15) is 13.0 Å². The molecule has 3 aliphatic rings. The van der Waals surface area contributed by atoms with Crippen LogP contribution in [-0.2, 0) is 0 Å². The minimum Gasteiger partial charge on any atom is -0.321 e.